The highest BCUT2D eigenvalue weighted by Gasteiger charge is 2.63. The van der Waals surface area contributed by atoms with Crippen LogP contribution < -0.4 is 0 Å². The highest BCUT2D eigenvalue weighted by Crippen LogP contribution is 2.53. The van der Waals surface area contributed by atoms with E-state index in [1.165, 1.54) is 0 Å². The van der Waals surface area contributed by atoms with Crippen LogP contribution >= 0.6 is 0 Å². The van der Waals surface area contributed by atoms with Gasteiger partial charge in [0.15, 0.2) is 0 Å². The van der Waals surface area contributed by atoms with E-state index in [-0.39, 0.29) is 10.8 Å². The Morgan fingerprint density at radius 3 is 1.92 bits per heavy atom. The van der Waals surface area contributed by atoms with Gasteiger partial charge in [-0.3, -0.25) is 0 Å². The summed E-state index contributed by atoms with van der Waals surface area (Å²) in [6.45, 7) is 7.89. The van der Waals surface area contributed by atoms with Crippen LogP contribution in [0.1, 0.15) is 20.8 Å². The maximum Gasteiger partial charge on any atom is 0.214 e. The minimum absolute atomic E-state index is 0.0475. The van der Waals surface area contributed by atoms with Crippen molar-refractivity contribution >= 4 is 10.0 Å². The van der Waals surface area contributed by atoms with Gasteiger partial charge in [0.1, 0.15) is 0 Å². The fraction of sp³-hybridized carbons (Fsp3) is 1.00. The quantitative estimate of drug-likeness (QED) is 0.562. The first kappa shape index (κ1) is 8.51. The molecule has 3 saturated heterocycles. The van der Waals surface area contributed by atoms with Gasteiger partial charge in [-0.05, 0) is 5.41 Å². The molecule has 0 aliphatic carbocycles. The van der Waals surface area contributed by atoms with Crippen molar-refractivity contribution in [3.8, 4) is 0 Å². The first-order chi connectivity index (χ1) is 5.27. The molecule has 3 aliphatic heterocycles. The number of hydrogen-bond donors (Lipinski definition) is 0. The number of sulfonamides is 1. The van der Waals surface area contributed by atoms with Crippen LogP contribution in [0.4, 0.5) is 0 Å². The van der Waals surface area contributed by atoms with Crippen molar-refractivity contribution in [2.75, 3.05) is 18.8 Å². The van der Waals surface area contributed by atoms with Gasteiger partial charge < -0.3 is 0 Å². The SMILES string of the molecule is CC(C)(C)C12CN(C1)S(=O)(=O)C2. The zero-order chi connectivity index (χ0) is 9.20. The van der Waals surface area contributed by atoms with Crippen LogP contribution in [0.15, 0.2) is 0 Å². The van der Waals surface area contributed by atoms with E-state index in [4.69, 9.17) is 0 Å². The van der Waals surface area contributed by atoms with Gasteiger partial charge in [0, 0.05) is 18.5 Å². The third-order valence-electron chi connectivity index (χ3n) is 3.40. The first-order valence-corrected chi connectivity index (χ1v) is 5.86. The predicted molar refractivity (Wildman–Crippen MR) is 47.2 cm³/mol. The van der Waals surface area contributed by atoms with E-state index in [1.54, 1.807) is 4.31 Å². The van der Waals surface area contributed by atoms with Crippen molar-refractivity contribution in [3.05, 3.63) is 0 Å². The number of rotatable bonds is 0. The second kappa shape index (κ2) is 1.87. The molecule has 3 nitrogen and oxygen atoms in total. The zero-order valence-corrected chi connectivity index (χ0v) is 8.61. The van der Waals surface area contributed by atoms with Crippen molar-refractivity contribution < 1.29 is 8.42 Å². The largest absolute Gasteiger partial charge is 0.214 e. The highest BCUT2D eigenvalue weighted by molar-refractivity contribution is 7.89. The topological polar surface area (TPSA) is 37.4 Å². The molecule has 3 rings (SSSR count). The molecule has 70 valence electrons. The van der Waals surface area contributed by atoms with Crippen molar-refractivity contribution in [2.24, 2.45) is 10.8 Å². The average Bonchev–Trinajstić information content (AvgIpc) is 2.08. The summed E-state index contributed by atoms with van der Waals surface area (Å²) in [4.78, 5) is 0. The number of fused-ring (bicyclic) bond motifs is 1. The number of hydrogen-bond acceptors (Lipinski definition) is 2. The molecule has 0 radical (unpaired) electrons. The van der Waals surface area contributed by atoms with Gasteiger partial charge in [0.2, 0.25) is 10.0 Å². The summed E-state index contributed by atoms with van der Waals surface area (Å²) in [5.74, 6) is 0.365. The van der Waals surface area contributed by atoms with Crippen LogP contribution in [-0.4, -0.2) is 31.6 Å². The molecule has 0 atom stereocenters. The Bertz CT molecular complexity index is 306. The lowest BCUT2D eigenvalue weighted by Crippen LogP contribution is -2.55. The molecular weight excluding hydrogens is 174 g/mol. The maximum atomic E-state index is 11.4. The Morgan fingerprint density at radius 2 is 1.75 bits per heavy atom. The van der Waals surface area contributed by atoms with Crippen molar-refractivity contribution in [1.82, 2.24) is 4.31 Å². The minimum atomic E-state index is -2.86. The molecule has 0 N–H and O–H groups in total. The fourth-order valence-electron chi connectivity index (χ4n) is 2.05. The zero-order valence-electron chi connectivity index (χ0n) is 7.79. The minimum Gasteiger partial charge on any atom is -0.212 e. The van der Waals surface area contributed by atoms with E-state index in [9.17, 15) is 8.42 Å². The van der Waals surface area contributed by atoms with E-state index in [2.05, 4.69) is 20.8 Å². The van der Waals surface area contributed by atoms with Gasteiger partial charge in [-0.1, -0.05) is 20.8 Å². The highest BCUT2D eigenvalue weighted by atomic mass is 32.2. The van der Waals surface area contributed by atoms with Crippen molar-refractivity contribution in [1.29, 1.82) is 0 Å². The standard InChI is InChI=1S/C8H15NO2S/c1-7(2,3)8-4-9(5-8)12(10,11)6-8/h4-6H2,1-3H3. The van der Waals surface area contributed by atoms with Crippen molar-refractivity contribution in [2.45, 2.75) is 20.8 Å². The Hall–Kier alpha value is -0.0900. The lowest BCUT2D eigenvalue weighted by atomic mass is 9.64. The van der Waals surface area contributed by atoms with E-state index in [0.29, 0.717) is 5.75 Å². The van der Waals surface area contributed by atoms with E-state index in [0.717, 1.165) is 13.1 Å². The van der Waals surface area contributed by atoms with Crippen LogP contribution in [-0.2, 0) is 10.0 Å². The van der Waals surface area contributed by atoms with Gasteiger partial charge in [0.25, 0.3) is 0 Å². The molecule has 3 heterocycles. The van der Waals surface area contributed by atoms with Crippen LogP contribution in [0.3, 0.4) is 0 Å². The molecule has 0 spiro atoms. The summed E-state index contributed by atoms with van der Waals surface area (Å²) in [6.07, 6.45) is 0. The first-order valence-electron chi connectivity index (χ1n) is 4.25. The molecule has 12 heavy (non-hydrogen) atoms. The maximum absolute atomic E-state index is 11.4. The Balaban J connectivity index is 2.34. The summed E-state index contributed by atoms with van der Waals surface area (Å²) < 4.78 is 24.4. The molecule has 4 heteroatoms. The monoisotopic (exact) mass is 189 g/mol. The van der Waals surface area contributed by atoms with Crippen LogP contribution in [0, 0.1) is 10.8 Å². The van der Waals surface area contributed by atoms with Gasteiger partial charge in [0.05, 0.1) is 5.75 Å². The van der Waals surface area contributed by atoms with E-state index in [1.807, 2.05) is 0 Å². The van der Waals surface area contributed by atoms with Crippen LogP contribution in [0.25, 0.3) is 0 Å². The lowest BCUT2D eigenvalue weighted by molar-refractivity contribution is 0.0136. The average molecular weight is 189 g/mol. The molecule has 0 amide bonds. The van der Waals surface area contributed by atoms with Gasteiger partial charge >= 0.3 is 0 Å². The van der Waals surface area contributed by atoms with Gasteiger partial charge in [-0.2, -0.15) is 0 Å². The number of nitrogens with zero attached hydrogens (tertiary/aromatic N) is 1. The van der Waals surface area contributed by atoms with Gasteiger partial charge in [-0.25, -0.2) is 12.7 Å². The second-order valence-electron chi connectivity index (χ2n) is 5.05. The normalized spacial score (nSPS) is 44.1. The molecule has 2 bridgehead atoms. The van der Waals surface area contributed by atoms with Crippen LogP contribution in [0.2, 0.25) is 0 Å². The molecule has 3 aliphatic rings. The van der Waals surface area contributed by atoms with Crippen molar-refractivity contribution in [3.63, 3.8) is 0 Å². The molecule has 0 unspecified atom stereocenters. The summed E-state index contributed by atoms with van der Waals surface area (Å²) in [7, 11) is -2.86. The summed E-state index contributed by atoms with van der Waals surface area (Å²) in [5.41, 5.74) is 0.166. The second-order valence-corrected chi connectivity index (χ2v) is 7.02. The van der Waals surface area contributed by atoms with E-state index < -0.39 is 10.0 Å². The van der Waals surface area contributed by atoms with Gasteiger partial charge in [-0.15, -0.1) is 0 Å². The Morgan fingerprint density at radius 1 is 1.25 bits per heavy atom. The summed E-state index contributed by atoms with van der Waals surface area (Å²) in [5, 5.41) is 0. The lowest BCUT2D eigenvalue weighted by Gasteiger charge is -2.47. The smallest absolute Gasteiger partial charge is 0.212 e. The van der Waals surface area contributed by atoms with Crippen LogP contribution in [0.5, 0.6) is 0 Å². The van der Waals surface area contributed by atoms with E-state index >= 15 is 0 Å². The predicted octanol–water partition coefficient (Wildman–Crippen LogP) is 0.678. The Kier molecular flexibility index (Phi) is 1.33. The molecule has 0 aromatic rings. The third kappa shape index (κ3) is 0.823. The third-order valence-corrected chi connectivity index (χ3v) is 5.36. The molecule has 0 aromatic heterocycles. The molecule has 3 fully saturated rings. The molecular formula is C8H15NO2S. The molecule has 0 saturated carbocycles. The summed E-state index contributed by atoms with van der Waals surface area (Å²) in [6, 6.07) is 0. The fourth-order valence-corrected chi connectivity index (χ4v) is 4.43. The summed E-state index contributed by atoms with van der Waals surface area (Å²) >= 11 is 0. The Labute approximate surface area is 73.8 Å². The molecule has 0 aromatic carbocycles.